The van der Waals surface area contributed by atoms with Gasteiger partial charge in [-0.25, -0.2) is 0 Å². The summed E-state index contributed by atoms with van der Waals surface area (Å²) in [7, 11) is 0. The molecule has 0 aromatic rings. The number of rotatable bonds is 4. The van der Waals surface area contributed by atoms with E-state index in [2.05, 4.69) is 31.4 Å². The molecule has 0 aromatic carbocycles. The van der Waals surface area contributed by atoms with Gasteiger partial charge in [0.1, 0.15) is 0 Å². The van der Waals surface area contributed by atoms with Crippen molar-refractivity contribution in [2.45, 2.75) is 71.8 Å². The molecule has 1 heterocycles. The number of carbonyl (C=O) groups is 1. The molecule has 1 aliphatic heterocycles. The van der Waals surface area contributed by atoms with Crippen molar-refractivity contribution in [1.29, 1.82) is 0 Å². The molecule has 1 saturated carbocycles. The topological polar surface area (TPSA) is 41.1 Å². The Morgan fingerprint density at radius 3 is 2.60 bits per heavy atom. The van der Waals surface area contributed by atoms with Crippen LogP contribution in [0.15, 0.2) is 0 Å². The third-order valence-electron chi connectivity index (χ3n) is 5.54. The summed E-state index contributed by atoms with van der Waals surface area (Å²) >= 11 is 0. The number of hydrogen-bond donors (Lipinski definition) is 2. The van der Waals surface area contributed by atoms with Gasteiger partial charge in [-0.3, -0.25) is 4.79 Å². The highest BCUT2D eigenvalue weighted by atomic mass is 16.1. The van der Waals surface area contributed by atoms with Crippen molar-refractivity contribution in [1.82, 2.24) is 10.6 Å². The monoisotopic (exact) mass is 280 g/mol. The molecular weight excluding hydrogens is 248 g/mol. The molecule has 1 aliphatic carbocycles. The van der Waals surface area contributed by atoms with Crippen molar-refractivity contribution in [2.75, 3.05) is 13.1 Å². The molecule has 20 heavy (non-hydrogen) atoms. The second kappa shape index (κ2) is 6.93. The van der Waals surface area contributed by atoms with E-state index in [1.54, 1.807) is 0 Å². The lowest BCUT2D eigenvalue weighted by Gasteiger charge is -2.39. The predicted octanol–water partition coefficient (Wildman–Crippen LogP) is 3.10. The third-order valence-corrected chi connectivity index (χ3v) is 5.54. The molecule has 1 amide bonds. The van der Waals surface area contributed by atoms with E-state index in [9.17, 15) is 4.79 Å². The Balaban J connectivity index is 1.79. The minimum Gasteiger partial charge on any atom is -0.353 e. The van der Waals surface area contributed by atoms with E-state index in [-0.39, 0.29) is 11.3 Å². The van der Waals surface area contributed by atoms with Crippen LogP contribution >= 0.6 is 0 Å². The molecule has 2 rings (SSSR count). The number of amides is 1. The summed E-state index contributed by atoms with van der Waals surface area (Å²) in [5.74, 6) is 1.51. The molecular formula is C17H32N2O. The minimum absolute atomic E-state index is 0.270. The number of carbonyl (C=O) groups excluding carboxylic acids is 1. The Bertz CT molecular complexity index is 321. The predicted molar refractivity (Wildman–Crippen MR) is 83.6 cm³/mol. The normalized spacial score (nSPS) is 28.9. The zero-order valence-corrected chi connectivity index (χ0v) is 13.5. The number of nitrogens with one attached hydrogen (secondary N) is 2. The van der Waals surface area contributed by atoms with Crippen LogP contribution in [0, 0.1) is 17.3 Å². The van der Waals surface area contributed by atoms with E-state index < -0.39 is 0 Å². The van der Waals surface area contributed by atoms with Gasteiger partial charge >= 0.3 is 0 Å². The van der Waals surface area contributed by atoms with E-state index in [4.69, 9.17) is 0 Å². The smallest absolute Gasteiger partial charge is 0.220 e. The second-order valence-electron chi connectivity index (χ2n) is 7.62. The Kier molecular flexibility index (Phi) is 5.48. The summed E-state index contributed by atoms with van der Waals surface area (Å²) in [6, 6.07) is 0.379. The lowest BCUT2D eigenvalue weighted by Crippen LogP contribution is -2.47. The summed E-state index contributed by atoms with van der Waals surface area (Å²) in [6.45, 7) is 9.08. The lowest BCUT2D eigenvalue weighted by molar-refractivity contribution is -0.124. The third kappa shape index (κ3) is 4.21. The van der Waals surface area contributed by atoms with Gasteiger partial charge in [-0.2, -0.15) is 0 Å². The Morgan fingerprint density at radius 2 is 1.95 bits per heavy atom. The largest absolute Gasteiger partial charge is 0.353 e. The van der Waals surface area contributed by atoms with Gasteiger partial charge in [0.25, 0.3) is 0 Å². The fraction of sp³-hybridized carbons (Fsp3) is 0.941. The first-order valence-electron chi connectivity index (χ1n) is 8.49. The quantitative estimate of drug-likeness (QED) is 0.831. The average molecular weight is 280 g/mol. The van der Waals surface area contributed by atoms with Crippen LogP contribution in [0.1, 0.15) is 65.7 Å². The highest BCUT2D eigenvalue weighted by molar-refractivity contribution is 5.76. The second-order valence-corrected chi connectivity index (χ2v) is 7.62. The molecule has 2 fully saturated rings. The van der Waals surface area contributed by atoms with Gasteiger partial charge in [0.15, 0.2) is 0 Å². The maximum atomic E-state index is 12.3. The Hall–Kier alpha value is -0.570. The van der Waals surface area contributed by atoms with Crippen LogP contribution < -0.4 is 10.6 Å². The first kappa shape index (κ1) is 15.8. The summed E-state index contributed by atoms with van der Waals surface area (Å²) in [5.41, 5.74) is 0.270. The van der Waals surface area contributed by atoms with Crippen molar-refractivity contribution in [3.05, 3.63) is 0 Å². The Labute approximate surface area is 124 Å². The van der Waals surface area contributed by atoms with E-state index >= 15 is 0 Å². The van der Waals surface area contributed by atoms with Crippen LogP contribution in [-0.2, 0) is 4.79 Å². The van der Waals surface area contributed by atoms with E-state index in [0.29, 0.717) is 18.4 Å². The zero-order chi connectivity index (χ0) is 14.6. The molecule has 3 nitrogen and oxygen atoms in total. The van der Waals surface area contributed by atoms with Crippen LogP contribution in [0.3, 0.4) is 0 Å². The molecule has 0 bridgehead atoms. The molecule has 2 unspecified atom stereocenters. The van der Waals surface area contributed by atoms with Crippen LogP contribution in [0.2, 0.25) is 0 Å². The van der Waals surface area contributed by atoms with Gasteiger partial charge in [-0.1, -0.05) is 33.6 Å². The van der Waals surface area contributed by atoms with Crippen LogP contribution in [0.5, 0.6) is 0 Å². The highest BCUT2D eigenvalue weighted by Gasteiger charge is 2.33. The number of hydrogen-bond acceptors (Lipinski definition) is 2. The Morgan fingerprint density at radius 1 is 1.25 bits per heavy atom. The summed E-state index contributed by atoms with van der Waals surface area (Å²) in [6.07, 6.45) is 8.12. The highest BCUT2D eigenvalue weighted by Crippen LogP contribution is 2.35. The molecule has 2 N–H and O–H groups in total. The van der Waals surface area contributed by atoms with Gasteiger partial charge in [-0.15, -0.1) is 0 Å². The molecule has 0 radical (unpaired) electrons. The van der Waals surface area contributed by atoms with Gasteiger partial charge < -0.3 is 10.6 Å². The number of piperidine rings is 1. The zero-order valence-electron chi connectivity index (χ0n) is 13.5. The molecule has 3 heteroatoms. The van der Waals surface area contributed by atoms with Crippen molar-refractivity contribution in [2.24, 2.45) is 17.3 Å². The minimum atomic E-state index is 0.270. The van der Waals surface area contributed by atoms with Crippen LogP contribution in [0.25, 0.3) is 0 Å². The van der Waals surface area contributed by atoms with E-state index in [1.165, 1.54) is 32.1 Å². The SMILES string of the molecule is CC(CC(=O)NC1CCCCC1(C)C)C1CCNCC1. The van der Waals surface area contributed by atoms with Crippen LogP contribution in [0.4, 0.5) is 0 Å². The molecule has 116 valence electrons. The molecule has 1 saturated heterocycles. The maximum absolute atomic E-state index is 12.3. The van der Waals surface area contributed by atoms with Crippen molar-refractivity contribution < 1.29 is 4.79 Å². The first-order chi connectivity index (χ1) is 9.49. The van der Waals surface area contributed by atoms with Gasteiger partial charge in [0, 0.05) is 12.5 Å². The van der Waals surface area contributed by atoms with Crippen molar-refractivity contribution >= 4 is 5.91 Å². The fourth-order valence-corrected chi connectivity index (χ4v) is 3.89. The first-order valence-corrected chi connectivity index (χ1v) is 8.49. The van der Waals surface area contributed by atoms with Gasteiger partial charge in [0.2, 0.25) is 5.91 Å². The molecule has 2 atom stereocenters. The maximum Gasteiger partial charge on any atom is 0.220 e. The standard InChI is InChI=1S/C17H32N2O/c1-13(14-7-10-18-11-8-14)12-16(20)19-15-6-4-5-9-17(15,2)3/h13-15,18H,4-12H2,1-3H3,(H,19,20). The summed E-state index contributed by atoms with van der Waals surface area (Å²) in [5, 5.41) is 6.72. The van der Waals surface area contributed by atoms with E-state index in [1.807, 2.05) is 0 Å². The van der Waals surface area contributed by atoms with Crippen molar-refractivity contribution in [3.8, 4) is 0 Å². The van der Waals surface area contributed by atoms with Gasteiger partial charge in [0.05, 0.1) is 0 Å². The van der Waals surface area contributed by atoms with Crippen LogP contribution in [-0.4, -0.2) is 25.0 Å². The van der Waals surface area contributed by atoms with Crippen molar-refractivity contribution in [3.63, 3.8) is 0 Å². The van der Waals surface area contributed by atoms with E-state index in [0.717, 1.165) is 25.4 Å². The molecule has 0 aromatic heterocycles. The molecule has 2 aliphatic rings. The molecule has 0 spiro atoms. The average Bonchev–Trinajstić information content (AvgIpc) is 2.42. The fourth-order valence-electron chi connectivity index (χ4n) is 3.89. The lowest BCUT2D eigenvalue weighted by atomic mass is 9.73. The van der Waals surface area contributed by atoms with Gasteiger partial charge in [-0.05, 0) is 56.0 Å². The summed E-state index contributed by atoms with van der Waals surface area (Å²) in [4.78, 5) is 12.3. The summed E-state index contributed by atoms with van der Waals surface area (Å²) < 4.78 is 0.